The zero-order valence-corrected chi connectivity index (χ0v) is 15.9. The van der Waals surface area contributed by atoms with Crippen LogP contribution in [-0.2, 0) is 19.1 Å². The van der Waals surface area contributed by atoms with Gasteiger partial charge in [-0.1, -0.05) is 19.3 Å². The van der Waals surface area contributed by atoms with Gasteiger partial charge in [0, 0.05) is 17.7 Å². The van der Waals surface area contributed by atoms with E-state index in [0.29, 0.717) is 12.8 Å². The highest BCUT2D eigenvalue weighted by atomic mass is 19.4. The summed E-state index contributed by atoms with van der Waals surface area (Å²) in [5.74, 6) is -4.14. The summed E-state index contributed by atoms with van der Waals surface area (Å²) in [4.78, 5) is 38.7. The number of hydrogen-bond acceptors (Lipinski definition) is 4. The normalized spacial score (nSPS) is 24.6. The number of nitrogens with zero attached hydrogens (tertiary/aromatic N) is 1. The Bertz CT molecular complexity index is 666. The van der Waals surface area contributed by atoms with Gasteiger partial charge in [-0.05, 0) is 33.6 Å². The Morgan fingerprint density at radius 1 is 1.22 bits per heavy atom. The maximum absolute atomic E-state index is 14.2. The lowest BCUT2D eigenvalue weighted by Crippen LogP contribution is -2.67. The minimum atomic E-state index is -5.21. The molecular weight excluding hydrogens is 365 g/mol. The molecule has 1 saturated carbocycles. The molecule has 1 atom stereocenters. The molecule has 0 radical (unpaired) electrons. The Morgan fingerprint density at radius 3 is 2.22 bits per heavy atom. The summed E-state index contributed by atoms with van der Waals surface area (Å²) in [6.45, 7) is 4.32. The number of alkyl halides is 3. The minimum absolute atomic E-state index is 0.164. The van der Waals surface area contributed by atoms with Crippen LogP contribution >= 0.6 is 0 Å². The van der Waals surface area contributed by atoms with Crippen molar-refractivity contribution in [2.45, 2.75) is 70.6 Å². The van der Waals surface area contributed by atoms with Crippen molar-refractivity contribution >= 4 is 17.8 Å². The molecule has 2 rings (SSSR count). The minimum Gasteiger partial charge on any atom is -0.466 e. The monoisotopic (exact) mass is 390 g/mol. The van der Waals surface area contributed by atoms with Crippen LogP contribution in [0.5, 0.6) is 0 Å². The molecule has 1 aliphatic heterocycles. The molecule has 6 nitrogen and oxygen atoms in total. The number of amides is 2. The summed E-state index contributed by atoms with van der Waals surface area (Å²) in [6.07, 6.45) is -1.90. The fourth-order valence-corrected chi connectivity index (χ4v) is 3.96. The number of rotatable bonds is 4. The predicted molar refractivity (Wildman–Crippen MR) is 90.2 cm³/mol. The third-order valence-corrected chi connectivity index (χ3v) is 5.26. The molecule has 27 heavy (non-hydrogen) atoms. The Hall–Kier alpha value is -2.06. The van der Waals surface area contributed by atoms with Gasteiger partial charge in [-0.2, -0.15) is 13.2 Å². The second kappa shape index (κ2) is 7.52. The van der Waals surface area contributed by atoms with Crippen LogP contribution in [0.15, 0.2) is 11.3 Å². The van der Waals surface area contributed by atoms with Gasteiger partial charge in [0.2, 0.25) is 11.4 Å². The first kappa shape index (κ1) is 21.2. The number of halogens is 3. The van der Waals surface area contributed by atoms with E-state index in [9.17, 15) is 27.6 Å². The van der Waals surface area contributed by atoms with Gasteiger partial charge in [0.1, 0.15) is 5.57 Å². The lowest BCUT2D eigenvalue weighted by Gasteiger charge is -2.35. The van der Waals surface area contributed by atoms with E-state index >= 15 is 0 Å². The maximum Gasteiger partial charge on any atom is 0.425 e. The molecule has 152 valence electrons. The van der Waals surface area contributed by atoms with Gasteiger partial charge in [-0.25, -0.2) is 4.79 Å². The molecule has 0 unspecified atom stereocenters. The molecule has 0 bridgehead atoms. The first-order valence-corrected chi connectivity index (χ1v) is 9.01. The van der Waals surface area contributed by atoms with E-state index in [0.717, 1.165) is 31.3 Å². The number of esters is 1. The third kappa shape index (κ3) is 3.43. The second-order valence-corrected chi connectivity index (χ2v) is 7.29. The van der Waals surface area contributed by atoms with Gasteiger partial charge >= 0.3 is 12.1 Å². The van der Waals surface area contributed by atoms with Gasteiger partial charge in [0.25, 0.3) is 5.91 Å². The van der Waals surface area contributed by atoms with Crippen LogP contribution in [0.2, 0.25) is 0 Å². The van der Waals surface area contributed by atoms with Crippen molar-refractivity contribution in [3.8, 4) is 0 Å². The number of methoxy groups -OCH3 is 1. The van der Waals surface area contributed by atoms with Crippen molar-refractivity contribution in [2.75, 3.05) is 7.11 Å². The first-order valence-electron chi connectivity index (χ1n) is 9.01. The average Bonchev–Trinajstić information content (AvgIpc) is 2.82. The Kier molecular flexibility index (Phi) is 5.91. The summed E-state index contributed by atoms with van der Waals surface area (Å²) in [7, 11) is 0.940. The summed E-state index contributed by atoms with van der Waals surface area (Å²) < 4.78 is 47.3. The summed E-state index contributed by atoms with van der Waals surface area (Å²) >= 11 is 0. The Balaban J connectivity index is 2.58. The highest BCUT2D eigenvalue weighted by molar-refractivity contribution is 6.10. The summed E-state index contributed by atoms with van der Waals surface area (Å²) in [5, 5.41) is 1.92. The molecule has 0 spiro atoms. The average molecular weight is 390 g/mol. The fraction of sp³-hybridized carbons (Fsp3) is 0.722. The van der Waals surface area contributed by atoms with E-state index in [1.54, 1.807) is 0 Å². The quantitative estimate of drug-likeness (QED) is 0.749. The topological polar surface area (TPSA) is 75.7 Å². The van der Waals surface area contributed by atoms with Crippen LogP contribution in [0.4, 0.5) is 13.2 Å². The van der Waals surface area contributed by atoms with Crippen molar-refractivity contribution in [1.29, 1.82) is 0 Å². The van der Waals surface area contributed by atoms with Crippen LogP contribution in [0.1, 0.15) is 52.9 Å². The fourth-order valence-electron chi connectivity index (χ4n) is 3.96. The smallest absolute Gasteiger partial charge is 0.425 e. The summed E-state index contributed by atoms with van der Waals surface area (Å²) in [5.41, 5.74) is -4.47. The van der Waals surface area contributed by atoms with Crippen LogP contribution in [0, 0.1) is 5.92 Å². The number of hydrogen-bond donors (Lipinski definition) is 1. The van der Waals surface area contributed by atoms with Gasteiger partial charge in [0.05, 0.1) is 7.11 Å². The molecule has 0 aromatic carbocycles. The number of carbonyl (C=O) groups is 3. The summed E-state index contributed by atoms with van der Waals surface area (Å²) in [6, 6.07) is -0.632. The van der Waals surface area contributed by atoms with Crippen molar-refractivity contribution < 1.29 is 32.3 Å². The van der Waals surface area contributed by atoms with Crippen LogP contribution in [0.3, 0.4) is 0 Å². The second-order valence-electron chi connectivity index (χ2n) is 7.29. The number of ether oxygens (including phenoxy) is 1. The van der Waals surface area contributed by atoms with Gasteiger partial charge in [0.15, 0.2) is 0 Å². The van der Waals surface area contributed by atoms with Gasteiger partial charge < -0.3 is 15.0 Å². The van der Waals surface area contributed by atoms with Gasteiger partial charge in [-0.15, -0.1) is 0 Å². The SMILES string of the molecule is COC(=O)C1=C(C)N(C(C)C)C(=O)[C@@]1(NC(=O)C1CCCCC1)C(F)(F)F. The number of allylic oxidation sites excluding steroid dienone is 1. The van der Waals surface area contributed by atoms with Gasteiger partial charge in [-0.3, -0.25) is 9.59 Å². The largest absolute Gasteiger partial charge is 0.466 e. The highest BCUT2D eigenvalue weighted by Gasteiger charge is 2.71. The van der Waals surface area contributed by atoms with E-state index in [4.69, 9.17) is 0 Å². The molecule has 0 aromatic heterocycles. The van der Waals surface area contributed by atoms with E-state index in [1.165, 1.54) is 20.8 Å². The first-order chi connectivity index (χ1) is 12.5. The molecular formula is C18H25F3N2O4. The van der Waals surface area contributed by atoms with Crippen molar-refractivity contribution in [3.63, 3.8) is 0 Å². The standard InChI is InChI=1S/C18H25F3N2O4/c1-10(2)23-11(3)13(15(25)27-4)17(16(23)26,18(19,20)21)22-14(24)12-8-6-5-7-9-12/h10,12H,5-9H2,1-4H3,(H,22,24)/t17-/m1/s1. The van der Waals surface area contributed by atoms with E-state index in [-0.39, 0.29) is 5.70 Å². The van der Waals surface area contributed by atoms with Crippen LogP contribution < -0.4 is 5.32 Å². The van der Waals surface area contributed by atoms with E-state index in [1.807, 2.05) is 5.32 Å². The van der Waals surface area contributed by atoms with Crippen LogP contribution in [-0.4, -0.2) is 47.6 Å². The molecule has 1 N–H and O–H groups in total. The van der Waals surface area contributed by atoms with Crippen LogP contribution in [0.25, 0.3) is 0 Å². The molecule has 2 amide bonds. The van der Waals surface area contributed by atoms with E-state index < -0.39 is 47.0 Å². The van der Waals surface area contributed by atoms with Crippen molar-refractivity contribution in [1.82, 2.24) is 10.2 Å². The zero-order chi connectivity index (χ0) is 20.6. The highest BCUT2D eigenvalue weighted by Crippen LogP contribution is 2.46. The number of carbonyl (C=O) groups excluding carboxylic acids is 3. The molecule has 1 fully saturated rings. The third-order valence-electron chi connectivity index (χ3n) is 5.26. The molecule has 1 aliphatic carbocycles. The molecule has 2 aliphatic rings. The predicted octanol–water partition coefficient (Wildman–Crippen LogP) is 2.68. The molecule has 0 aromatic rings. The maximum atomic E-state index is 14.2. The Morgan fingerprint density at radius 2 is 1.78 bits per heavy atom. The lowest BCUT2D eigenvalue weighted by atomic mass is 9.85. The number of nitrogens with one attached hydrogen (secondary N) is 1. The van der Waals surface area contributed by atoms with E-state index in [2.05, 4.69) is 4.74 Å². The Labute approximate surface area is 156 Å². The molecule has 1 heterocycles. The lowest BCUT2D eigenvalue weighted by molar-refractivity contribution is -0.197. The van der Waals surface area contributed by atoms with Crippen molar-refractivity contribution in [2.24, 2.45) is 5.92 Å². The zero-order valence-electron chi connectivity index (χ0n) is 15.9. The van der Waals surface area contributed by atoms with Crippen molar-refractivity contribution in [3.05, 3.63) is 11.3 Å². The molecule has 9 heteroatoms. The molecule has 0 saturated heterocycles.